The van der Waals surface area contributed by atoms with Crippen LogP contribution in [0.25, 0.3) is 0 Å². The molecule has 0 aliphatic rings. The number of rotatable bonds is 6. The monoisotopic (exact) mass is 236 g/mol. The highest BCUT2D eigenvalue weighted by Crippen LogP contribution is 2.13. The summed E-state index contributed by atoms with van der Waals surface area (Å²) in [6.07, 6.45) is -4.03. The van der Waals surface area contributed by atoms with Crippen molar-refractivity contribution in [2.24, 2.45) is 0 Å². The van der Waals surface area contributed by atoms with Gasteiger partial charge in [0.15, 0.2) is 6.61 Å². The molecule has 0 fully saturated rings. The third-order valence-corrected chi connectivity index (χ3v) is 1.87. The van der Waals surface area contributed by atoms with Crippen molar-refractivity contribution in [3.8, 4) is 0 Å². The van der Waals surface area contributed by atoms with Crippen molar-refractivity contribution in [2.45, 2.75) is 19.5 Å². The summed E-state index contributed by atoms with van der Waals surface area (Å²) in [6.45, 7) is 0.170. The fourth-order valence-corrected chi connectivity index (χ4v) is 1.20. The molecule has 0 bridgehead atoms. The van der Waals surface area contributed by atoms with Crippen molar-refractivity contribution in [2.75, 3.05) is 13.2 Å². The van der Waals surface area contributed by atoms with Crippen LogP contribution in [0.15, 0.2) is 0 Å². The van der Waals surface area contributed by atoms with Crippen LogP contribution in [0.3, 0.4) is 0 Å². The van der Waals surface area contributed by atoms with Gasteiger partial charge in [-0.05, 0) is 6.42 Å². The number of nitrogens with one attached hydrogen (secondary N) is 2. The molecule has 0 aromatic carbocycles. The van der Waals surface area contributed by atoms with Gasteiger partial charge in [-0.2, -0.15) is 21.6 Å². The van der Waals surface area contributed by atoms with Crippen molar-refractivity contribution in [1.29, 1.82) is 0 Å². The summed E-state index contributed by atoms with van der Waals surface area (Å²) in [5.74, 6) is 0. The zero-order chi connectivity index (χ0) is 11.2. The van der Waals surface area contributed by atoms with E-state index in [4.69, 9.17) is 0 Å². The van der Waals surface area contributed by atoms with E-state index in [9.17, 15) is 21.6 Å². The van der Waals surface area contributed by atoms with Gasteiger partial charge in [0, 0.05) is 6.54 Å². The lowest BCUT2D eigenvalue weighted by Crippen LogP contribution is -2.38. The lowest BCUT2D eigenvalue weighted by molar-refractivity contribution is -0.181. The van der Waals surface area contributed by atoms with Gasteiger partial charge >= 0.3 is 6.18 Å². The van der Waals surface area contributed by atoms with Gasteiger partial charge < -0.3 is 0 Å². The van der Waals surface area contributed by atoms with Crippen LogP contribution in [0.5, 0.6) is 0 Å². The van der Waals surface area contributed by atoms with E-state index in [1.807, 2.05) is 4.72 Å². The molecule has 5 nitrogen and oxygen atoms in total. The van der Waals surface area contributed by atoms with Gasteiger partial charge in [-0.1, -0.05) is 11.8 Å². The lowest BCUT2D eigenvalue weighted by atomic mass is 10.5. The highest BCUT2D eigenvalue weighted by molar-refractivity contribution is 7.87. The van der Waals surface area contributed by atoms with E-state index in [1.165, 1.54) is 4.89 Å². The molecule has 0 saturated heterocycles. The van der Waals surface area contributed by atoms with Crippen molar-refractivity contribution >= 4 is 10.2 Å². The molecule has 0 aliphatic heterocycles. The smallest absolute Gasteiger partial charge is 0.276 e. The van der Waals surface area contributed by atoms with Gasteiger partial charge in [-0.15, -0.1) is 0 Å². The van der Waals surface area contributed by atoms with E-state index in [-0.39, 0.29) is 6.54 Å². The molecular formula is C5H11F3N2O3S. The zero-order valence-corrected chi connectivity index (χ0v) is 8.20. The average Bonchev–Trinajstić information content (AvgIpc) is 1.98. The summed E-state index contributed by atoms with van der Waals surface area (Å²) < 4.78 is 58.0. The molecule has 14 heavy (non-hydrogen) atoms. The van der Waals surface area contributed by atoms with E-state index in [1.54, 1.807) is 6.92 Å². The molecule has 0 heterocycles. The molecule has 0 rings (SSSR count). The van der Waals surface area contributed by atoms with E-state index >= 15 is 0 Å². The first-order chi connectivity index (χ1) is 6.27. The fraction of sp³-hybridized carbons (Fsp3) is 1.00. The average molecular weight is 236 g/mol. The summed E-state index contributed by atoms with van der Waals surface area (Å²) >= 11 is 0. The van der Waals surface area contributed by atoms with Crippen LogP contribution in [0, 0.1) is 0 Å². The van der Waals surface area contributed by atoms with Crippen molar-refractivity contribution in [3.05, 3.63) is 0 Å². The number of halogens is 3. The second kappa shape index (κ2) is 5.49. The molecular weight excluding hydrogens is 225 g/mol. The Labute approximate surface area is 79.8 Å². The molecule has 86 valence electrons. The summed E-state index contributed by atoms with van der Waals surface area (Å²) in [4.78, 5) is 5.03. The minimum absolute atomic E-state index is 0.130. The molecule has 9 heteroatoms. The van der Waals surface area contributed by atoms with E-state index in [0.717, 1.165) is 0 Å². The van der Waals surface area contributed by atoms with Crippen LogP contribution in [0.1, 0.15) is 13.3 Å². The summed E-state index contributed by atoms with van der Waals surface area (Å²) in [6, 6.07) is 0. The van der Waals surface area contributed by atoms with Gasteiger partial charge in [0.25, 0.3) is 10.2 Å². The Morgan fingerprint density at radius 3 is 2.36 bits per heavy atom. The molecule has 0 amide bonds. The van der Waals surface area contributed by atoms with Gasteiger partial charge in [-0.3, -0.25) is 4.84 Å². The van der Waals surface area contributed by atoms with Gasteiger partial charge in [0.1, 0.15) is 0 Å². The van der Waals surface area contributed by atoms with E-state index in [0.29, 0.717) is 6.42 Å². The minimum Gasteiger partial charge on any atom is -0.276 e. The Balaban J connectivity index is 3.78. The standard InChI is InChI=1S/C5H11F3N2O3S/c1-2-3-9-14(11,12)10-13-4-5(6,7)8/h9-10H,2-4H2,1H3. The van der Waals surface area contributed by atoms with Crippen molar-refractivity contribution in [3.63, 3.8) is 0 Å². The lowest BCUT2D eigenvalue weighted by Gasteiger charge is -2.09. The number of hydrogen-bond donors (Lipinski definition) is 2. The maximum atomic E-state index is 11.5. The molecule has 0 spiro atoms. The predicted molar refractivity (Wildman–Crippen MR) is 42.4 cm³/mol. The first kappa shape index (κ1) is 13.6. The molecule has 0 atom stereocenters. The Morgan fingerprint density at radius 1 is 1.36 bits per heavy atom. The fourth-order valence-electron chi connectivity index (χ4n) is 0.455. The van der Waals surface area contributed by atoms with Gasteiger partial charge in [0.2, 0.25) is 0 Å². The van der Waals surface area contributed by atoms with Gasteiger partial charge in [0.05, 0.1) is 0 Å². The minimum atomic E-state index is -4.56. The maximum absolute atomic E-state index is 11.5. The molecule has 2 N–H and O–H groups in total. The zero-order valence-electron chi connectivity index (χ0n) is 7.39. The Bertz CT molecular complexity index is 251. The quantitative estimate of drug-likeness (QED) is 0.652. The van der Waals surface area contributed by atoms with Crippen molar-refractivity contribution in [1.82, 2.24) is 9.61 Å². The maximum Gasteiger partial charge on any atom is 0.413 e. The van der Waals surface area contributed by atoms with Crippen molar-refractivity contribution < 1.29 is 26.4 Å². The molecule has 0 radical (unpaired) electrons. The first-order valence-electron chi connectivity index (χ1n) is 3.72. The topological polar surface area (TPSA) is 67.4 Å². The molecule has 0 aromatic rings. The highest BCUT2D eigenvalue weighted by Gasteiger charge is 2.28. The highest BCUT2D eigenvalue weighted by atomic mass is 32.2. The summed E-state index contributed by atoms with van der Waals surface area (Å²) in [5.41, 5.74) is 0. The SMILES string of the molecule is CCCNS(=O)(=O)NOCC(F)(F)F. The summed E-state index contributed by atoms with van der Waals surface area (Å²) in [5, 5.41) is 0. The Morgan fingerprint density at radius 2 is 1.93 bits per heavy atom. The van der Waals surface area contributed by atoms with Crippen LogP contribution in [-0.2, 0) is 15.0 Å². The number of alkyl halides is 3. The first-order valence-corrected chi connectivity index (χ1v) is 5.20. The van der Waals surface area contributed by atoms with E-state index in [2.05, 4.69) is 4.84 Å². The molecule has 0 saturated carbocycles. The van der Waals surface area contributed by atoms with E-state index < -0.39 is 23.0 Å². The largest absolute Gasteiger partial charge is 0.413 e. The Hall–Kier alpha value is -0.380. The van der Waals surface area contributed by atoms with Crippen LogP contribution < -0.4 is 9.61 Å². The van der Waals surface area contributed by atoms with Gasteiger partial charge in [-0.25, -0.2) is 4.72 Å². The van der Waals surface area contributed by atoms with Crippen LogP contribution in [-0.4, -0.2) is 27.7 Å². The second-order valence-electron chi connectivity index (χ2n) is 2.38. The third kappa shape index (κ3) is 8.23. The molecule has 0 aromatic heterocycles. The Kier molecular flexibility index (Phi) is 5.34. The number of hydrogen-bond acceptors (Lipinski definition) is 3. The van der Waals surface area contributed by atoms with Crippen LogP contribution >= 0.6 is 0 Å². The normalized spacial score (nSPS) is 13.1. The van der Waals surface area contributed by atoms with Crippen LogP contribution in [0.2, 0.25) is 0 Å². The predicted octanol–water partition coefficient (Wildman–Crippen LogP) is 0.314. The molecule has 0 unspecified atom stereocenters. The van der Waals surface area contributed by atoms with Crippen LogP contribution in [0.4, 0.5) is 13.2 Å². The second-order valence-corrected chi connectivity index (χ2v) is 3.85. The third-order valence-electron chi connectivity index (χ3n) is 0.947. The molecule has 0 aliphatic carbocycles. The summed E-state index contributed by atoms with van der Waals surface area (Å²) in [7, 11) is -3.99.